The number of phenolic OH excluding ortho intramolecular Hbond substituents is 1. The number of piperazine rings is 1. The summed E-state index contributed by atoms with van der Waals surface area (Å²) < 4.78 is 79.0. The summed E-state index contributed by atoms with van der Waals surface area (Å²) in [5, 5.41) is 10.3. The lowest BCUT2D eigenvalue weighted by Gasteiger charge is -2.43. The van der Waals surface area contributed by atoms with Crippen molar-refractivity contribution in [2.24, 2.45) is 0 Å². The number of nitrogens with zero attached hydrogens (tertiary/aromatic N) is 4. The fourth-order valence-corrected chi connectivity index (χ4v) is 6.56. The van der Waals surface area contributed by atoms with E-state index in [2.05, 4.69) is 9.80 Å². The van der Waals surface area contributed by atoms with Crippen molar-refractivity contribution in [3.63, 3.8) is 0 Å². The molecule has 0 spiro atoms. The van der Waals surface area contributed by atoms with Gasteiger partial charge in [-0.15, -0.1) is 24.8 Å². The number of sulfonamides is 1. The number of methoxy groups -OCH3 is 1. The molecule has 2 aromatic rings. The number of rotatable bonds is 10. The first-order chi connectivity index (χ1) is 20.7. The Bertz CT molecular complexity index is 1430. The summed E-state index contributed by atoms with van der Waals surface area (Å²) in [6.45, 7) is 7.10. The summed E-state index contributed by atoms with van der Waals surface area (Å²) in [4.78, 5) is 19.4. The van der Waals surface area contributed by atoms with E-state index in [1.165, 1.54) is 19.0 Å². The van der Waals surface area contributed by atoms with Crippen LogP contribution in [0, 0.1) is 6.92 Å². The number of halogens is 5. The molecule has 0 radical (unpaired) electrons. The van der Waals surface area contributed by atoms with Gasteiger partial charge in [-0.2, -0.15) is 13.2 Å². The van der Waals surface area contributed by atoms with E-state index in [1.807, 2.05) is 6.07 Å². The van der Waals surface area contributed by atoms with Gasteiger partial charge in [0.05, 0.1) is 29.8 Å². The third-order valence-electron chi connectivity index (χ3n) is 8.14. The van der Waals surface area contributed by atoms with Crippen LogP contribution in [0.3, 0.4) is 0 Å². The molecule has 2 heterocycles. The fraction of sp³-hybridized carbons (Fsp3) is 0.567. The van der Waals surface area contributed by atoms with Crippen LogP contribution in [0.15, 0.2) is 41.3 Å². The number of hydrogen-bond donors (Lipinski definition) is 1. The molecule has 0 aliphatic carbocycles. The minimum absolute atomic E-state index is 0. The third-order valence-corrected chi connectivity index (χ3v) is 9.93. The molecule has 2 aromatic carbocycles. The van der Waals surface area contributed by atoms with Crippen molar-refractivity contribution < 1.29 is 41.0 Å². The van der Waals surface area contributed by atoms with Crippen LogP contribution in [0.5, 0.6) is 5.75 Å². The minimum atomic E-state index is -4.86. The lowest BCUT2D eigenvalue weighted by Crippen LogP contribution is -2.57. The van der Waals surface area contributed by atoms with Crippen LogP contribution >= 0.6 is 24.8 Å². The molecule has 4 rings (SSSR count). The second kappa shape index (κ2) is 16.8. The Balaban J connectivity index is 0.00000368. The second-order valence-electron chi connectivity index (χ2n) is 11.6. The topological polar surface area (TPSA) is 103 Å². The van der Waals surface area contributed by atoms with Crippen LogP contribution in [0.2, 0.25) is 0 Å². The number of alkyl halides is 3. The molecule has 0 unspecified atom stereocenters. The smallest absolute Gasteiger partial charge is 0.416 e. The Morgan fingerprint density at radius 1 is 1.04 bits per heavy atom. The number of carbonyl (C=O) groups excluding carboxylic acids is 1. The maximum Gasteiger partial charge on any atom is 0.416 e. The summed E-state index contributed by atoms with van der Waals surface area (Å²) in [5.41, 5.74) is -0.0845. The predicted molar refractivity (Wildman–Crippen MR) is 173 cm³/mol. The number of benzene rings is 2. The zero-order chi connectivity index (χ0) is 32.2. The van der Waals surface area contributed by atoms with Gasteiger partial charge in [-0.1, -0.05) is 12.1 Å². The van der Waals surface area contributed by atoms with Crippen LogP contribution < -0.4 is 0 Å². The largest absolute Gasteiger partial charge is 0.508 e. The lowest BCUT2D eigenvalue weighted by molar-refractivity contribution is -0.137. The summed E-state index contributed by atoms with van der Waals surface area (Å²) in [6.07, 6.45) is -4.50. The molecule has 2 atom stereocenters. The number of phenols is 1. The van der Waals surface area contributed by atoms with E-state index in [0.29, 0.717) is 57.0 Å². The molecule has 16 heteroatoms. The van der Waals surface area contributed by atoms with Gasteiger partial charge in [-0.25, -0.2) is 12.7 Å². The molecular weight excluding hydrogens is 672 g/mol. The molecule has 2 saturated heterocycles. The maximum absolute atomic E-state index is 13.9. The van der Waals surface area contributed by atoms with Crippen molar-refractivity contribution in [2.45, 2.75) is 36.6 Å². The summed E-state index contributed by atoms with van der Waals surface area (Å²) in [5.74, 6) is -0.565. The van der Waals surface area contributed by atoms with Crippen LogP contribution in [0.25, 0.3) is 0 Å². The summed E-state index contributed by atoms with van der Waals surface area (Å²) in [6, 6.07) is 7.11. The number of carbonyl (C=O) groups is 1. The van der Waals surface area contributed by atoms with E-state index in [-0.39, 0.29) is 48.8 Å². The van der Waals surface area contributed by atoms with Gasteiger partial charge in [0.2, 0.25) is 10.0 Å². The highest BCUT2D eigenvalue weighted by molar-refractivity contribution is 7.89. The summed E-state index contributed by atoms with van der Waals surface area (Å²) in [7, 11) is -0.169. The van der Waals surface area contributed by atoms with Gasteiger partial charge < -0.3 is 19.5 Å². The maximum atomic E-state index is 13.9. The number of amides is 1. The van der Waals surface area contributed by atoms with E-state index in [4.69, 9.17) is 9.47 Å². The average Bonchev–Trinajstić information content (AvgIpc) is 2.97. The highest BCUT2D eigenvalue weighted by atomic mass is 35.5. The monoisotopic (exact) mass is 714 g/mol. The first-order valence-electron chi connectivity index (χ1n) is 14.5. The Kier molecular flexibility index (Phi) is 14.6. The number of aromatic hydroxyl groups is 1. The van der Waals surface area contributed by atoms with Crippen molar-refractivity contribution in [3.05, 3.63) is 58.7 Å². The van der Waals surface area contributed by atoms with Gasteiger partial charge in [-0.05, 0) is 48.7 Å². The van der Waals surface area contributed by atoms with Gasteiger partial charge in [0.25, 0.3) is 5.91 Å². The van der Waals surface area contributed by atoms with Gasteiger partial charge in [0.15, 0.2) is 0 Å². The van der Waals surface area contributed by atoms with Crippen molar-refractivity contribution in [1.29, 1.82) is 0 Å². The van der Waals surface area contributed by atoms with Gasteiger partial charge >= 0.3 is 6.18 Å². The van der Waals surface area contributed by atoms with E-state index < -0.39 is 38.6 Å². The summed E-state index contributed by atoms with van der Waals surface area (Å²) >= 11 is 0. The van der Waals surface area contributed by atoms with Gasteiger partial charge in [-0.3, -0.25) is 14.6 Å². The van der Waals surface area contributed by atoms with Crippen LogP contribution in [-0.2, 0) is 32.1 Å². The molecule has 1 amide bonds. The highest BCUT2D eigenvalue weighted by Crippen LogP contribution is 2.33. The Morgan fingerprint density at radius 2 is 1.72 bits per heavy atom. The molecule has 2 aliphatic rings. The molecule has 1 N–H and O–H groups in total. The molecule has 260 valence electrons. The number of aryl methyl sites for hydroxylation is 1. The van der Waals surface area contributed by atoms with E-state index in [9.17, 15) is 31.5 Å². The number of hydrogen-bond acceptors (Lipinski definition) is 8. The number of morpholine rings is 1. The average molecular weight is 716 g/mol. The molecule has 2 aliphatic heterocycles. The molecule has 2 fully saturated rings. The number of ether oxygens (including phenoxy) is 2. The standard InChI is InChI=1S/C30H41F3N4O6S.2ClH/c1-21-5-6-22(14-28(21)38)13-25-18-35(7-8-36-11-12-43-26(19-36)20-42-4)9-10-37(25)29(39)23-15-24(30(31,32)33)17-27(16-23)44(40,41)34(2)3;;/h5-6,14-17,25-26,38H,7-13,18-20H2,1-4H3;2*1H/t25-,26+;;/m1../s1. The van der Waals surface area contributed by atoms with Crippen molar-refractivity contribution in [1.82, 2.24) is 19.0 Å². The van der Waals surface area contributed by atoms with E-state index >= 15 is 0 Å². The molecule has 0 aromatic heterocycles. The van der Waals surface area contributed by atoms with Crippen LogP contribution in [0.1, 0.15) is 27.0 Å². The Morgan fingerprint density at radius 3 is 2.33 bits per heavy atom. The van der Waals surface area contributed by atoms with Gasteiger partial charge in [0.1, 0.15) is 5.75 Å². The normalized spacial score (nSPS) is 19.9. The third kappa shape index (κ3) is 9.92. The fourth-order valence-electron chi connectivity index (χ4n) is 5.58. The van der Waals surface area contributed by atoms with Crippen molar-refractivity contribution in [3.8, 4) is 5.75 Å². The van der Waals surface area contributed by atoms with E-state index in [0.717, 1.165) is 35.6 Å². The molecule has 10 nitrogen and oxygen atoms in total. The first-order valence-corrected chi connectivity index (χ1v) is 15.9. The van der Waals surface area contributed by atoms with Crippen LogP contribution in [0.4, 0.5) is 13.2 Å². The van der Waals surface area contributed by atoms with Crippen molar-refractivity contribution in [2.75, 3.05) is 80.2 Å². The van der Waals surface area contributed by atoms with E-state index in [1.54, 1.807) is 26.2 Å². The predicted octanol–water partition coefficient (Wildman–Crippen LogP) is 3.53. The quantitative estimate of drug-likeness (QED) is 0.399. The zero-order valence-corrected chi connectivity index (χ0v) is 28.8. The molecular formula is C30H43Cl2F3N4O6S. The molecule has 0 saturated carbocycles. The Hall–Kier alpha value is -2.17. The zero-order valence-electron chi connectivity index (χ0n) is 26.3. The molecule has 46 heavy (non-hydrogen) atoms. The Labute approximate surface area is 281 Å². The highest BCUT2D eigenvalue weighted by Gasteiger charge is 2.36. The second-order valence-corrected chi connectivity index (χ2v) is 13.7. The van der Waals surface area contributed by atoms with Crippen LogP contribution in [-0.4, -0.2) is 131 Å². The SMILES string of the molecule is COC[C@@H]1CN(CCN2CCN(C(=O)c3cc(C(F)(F)F)cc(S(=O)(=O)N(C)C)c3)[C@H](Cc3ccc(C)c(O)c3)C2)CCO1.Cl.Cl. The molecule has 0 bridgehead atoms. The minimum Gasteiger partial charge on any atom is -0.508 e. The van der Waals surface area contributed by atoms with Gasteiger partial charge in [0, 0.05) is 78.6 Å². The van der Waals surface area contributed by atoms with Crippen molar-refractivity contribution >= 4 is 40.7 Å². The first kappa shape index (κ1) is 40.0. The lowest BCUT2D eigenvalue weighted by atomic mass is 9.99.